The summed E-state index contributed by atoms with van der Waals surface area (Å²) in [5.41, 5.74) is 2.41. The van der Waals surface area contributed by atoms with Crippen LogP contribution >= 0.6 is 22.7 Å². The fraction of sp³-hybridized carbons (Fsp3) is 0.368. The number of aryl methyl sites for hydroxylation is 1. The molecule has 0 saturated heterocycles. The molecule has 0 spiro atoms. The lowest BCUT2D eigenvalue weighted by Crippen LogP contribution is -2.42. The van der Waals surface area contributed by atoms with Gasteiger partial charge in [-0.15, -0.1) is 32.9 Å². The molecule has 55 heavy (non-hydrogen) atoms. The number of nitrogens with zero attached hydrogens (tertiary/aromatic N) is 6. The van der Waals surface area contributed by atoms with E-state index >= 15 is 0 Å². The van der Waals surface area contributed by atoms with Gasteiger partial charge in [-0.2, -0.15) is 5.10 Å². The number of rotatable bonds is 14. The first-order valence-corrected chi connectivity index (χ1v) is 20.0. The number of aromatic hydroxyl groups is 1. The molecule has 0 radical (unpaired) electrons. The van der Waals surface area contributed by atoms with Crippen LogP contribution < -0.4 is 10.9 Å². The van der Waals surface area contributed by atoms with Crippen molar-refractivity contribution in [2.75, 3.05) is 20.1 Å². The van der Waals surface area contributed by atoms with Crippen LogP contribution in [-0.2, 0) is 28.2 Å². The molecular formula is C38H41N9O6S2. The van der Waals surface area contributed by atoms with Crippen molar-refractivity contribution in [3.05, 3.63) is 96.6 Å². The van der Waals surface area contributed by atoms with Crippen LogP contribution in [0, 0.1) is 0 Å². The number of carbonyl (C=O) groups is 1. The Morgan fingerprint density at radius 1 is 1.07 bits per heavy atom. The SMILES string of the molecule is CN(CCCn1[nH]nc2cc(CNC[C@H](O)c3ccc(O)c4[nH]c(=O)ccc34)c3nnnc3c21)C1CCC(OC(=O)C(O)(c2cccs2)c2cccs2)CC1. The number of aliphatic hydroxyl groups is 2. The molecule has 8 rings (SSSR count). The lowest BCUT2D eigenvalue weighted by molar-refractivity contribution is -0.169. The van der Waals surface area contributed by atoms with Crippen molar-refractivity contribution >= 4 is 61.6 Å². The fourth-order valence-corrected chi connectivity index (χ4v) is 9.33. The van der Waals surface area contributed by atoms with Gasteiger partial charge in [0.15, 0.2) is 0 Å². The topological polar surface area (TPSA) is 207 Å². The molecule has 1 aliphatic rings. The van der Waals surface area contributed by atoms with Gasteiger partial charge < -0.3 is 35.3 Å². The molecule has 5 heterocycles. The van der Waals surface area contributed by atoms with Crippen molar-refractivity contribution in [2.45, 2.75) is 69.0 Å². The summed E-state index contributed by atoms with van der Waals surface area (Å²) < 4.78 is 7.93. The maximum Gasteiger partial charge on any atom is 0.349 e. The number of aromatic amines is 2. The molecule has 1 atom stereocenters. The maximum absolute atomic E-state index is 13.4. The number of nitrogens with one attached hydrogen (secondary N) is 3. The van der Waals surface area contributed by atoms with Gasteiger partial charge in [0.1, 0.15) is 33.9 Å². The van der Waals surface area contributed by atoms with Gasteiger partial charge in [-0.1, -0.05) is 18.2 Å². The molecule has 0 unspecified atom stereocenters. The van der Waals surface area contributed by atoms with Gasteiger partial charge >= 0.3 is 5.97 Å². The van der Waals surface area contributed by atoms with E-state index in [1.54, 1.807) is 24.3 Å². The largest absolute Gasteiger partial charge is 0.506 e. The average Bonchev–Trinajstić information content (AvgIpc) is 4.03. The van der Waals surface area contributed by atoms with Crippen molar-refractivity contribution in [1.82, 2.24) is 45.6 Å². The normalized spacial score (nSPS) is 17.1. The van der Waals surface area contributed by atoms with Crippen LogP contribution in [0.25, 0.3) is 33.0 Å². The number of fused-ring (bicyclic) bond motifs is 4. The number of phenolic OH excluding ortho intramolecular Hbond substituents is 1. The van der Waals surface area contributed by atoms with Gasteiger partial charge in [0.25, 0.3) is 0 Å². The highest BCUT2D eigenvalue weighted by Gasteiger charge is 2.45. The van der Waals surface area contributed by atoms with Crippen LogP contribution in [0.15, 0.2) is 70.2 Å². The van der Waals surface area contributed by atoms with Crippen LogP contribution in [0.2, 0.25) is 0 Å². The third-order valence-electron chi connectivity index (χ3n) is 10.6. The van der Waals surface area contributed by atoms with Gasteiger partial charge in [0.05, 0.1) is 21.4 Å². The third kappa shape index (κ3) is 7.26. The van der Waals surface area contributed by atoms with E-state index in [9.17, 15) is 24.9 Å². The van der Waals surface area contributed by atoms with Crippen LogP contribution in [0.5, 0.6) is 5.75 Å². The highest BCUT2D eigenvalue weighted by Crippen LogP contribution is 2.38. The lowest BCUT2D eigenvalue weighted by atomic mass is 9.91. The summed E-state index contributed by atoms with van der Waals surface area (Å²) in [7, 11) is 2.13. The summed E-state index contributed by atoms with van der Waals surface area (Å²) in [6.07, 6.45) is 2.95. The minimum absolute atomic E-state index is 0.0619. The van der Waals surface area contributed by atoms with Gasteiger partial charge in [0.2, 0.25) is 11.2 Å². The highest BCUT2D eigenvalue weighted by atomic mass is 32.1. The number of phenols is 1. The van der Waals surface area contributed by atoms with Crippen LogP contribution in [-0.4, -0.2) is 93.9 Å². The Bertz CT molecular complexity index is 2440. The molecule has 0 amide bonds. The zero-order chi connectivity index (χ0) is 38.1. The van der Waals surface area contributed by atoms with E-state index in [2.05, 4.69) is 48.0 Å². The van der Waals surface area contributed by atoms with Crippen molar-refractivity contribution in [3.63, 3.8) is 0 Å². The summed E-state index contributed by atoms with van der Waals surface area (Å²) in [5, 5.41) is 60.7. The Kier molecular flexibility index (Phi) is 10.5. The number of benzene rings is 2. The van der Waals surface area contributed by atoms with E-state index in [1.807, 2.05) is 33.6 Å². The predicted octanol–water partition coefficient (Wildman–Crippen LogP) is 4.31. The van der Waals surface area contributed by atoms with Crippen LogP contribution in [0.3, 0.4) is 0 Å². The Morgan fingerprint density at radius 3 is 2.55 bits per heavy atom. The van der Waals surface area contributed by atoms with E-state index in [0.29, 0.717) is 50.9 Å². The molecule has 286 valence electrons. The third-order valence-corrected chi connectivity index (χ3v) is 12.5. The molecule has 1 saturated carbocycles. The van der Waals surface area contributed by atoms with E-state index in [-0.39, 0.29) is 29.5 Å². The molecule has 0 bridgehead atoms. The number of hydrogen-bond acceptors (Lipinski definition) is 14. The summed E-state index contributed by atoms with van der Waals surface area (Å²) in [5.74, 6) is -0.674. The summed E-state index contributed by atoms with van der Waals surface area (Å²) in [6.45, 7) is 2.11. The second-order valence-electron chi connectivity index (χ2n) is 14.0. The number of pyridine rings is 1. The molecule has 5 aromatic heterocycles. The Morgan fingerprint density at radius 2 is 1.82 bits per heavy atom. The summed E-state index contributed by atoms with van der Waals surface area (Å²) >= 11 is 2.69. The van der Waals surface area contributed by atoms with Gasteiger partial charge in [-0.3, -0.25) is 9.48 Å². The molecular weight excluding hydrogens is 743 g/mol. The first-order chi connectivity index (χ1) is 26.7. The minimum Gasteiger partial charge on any atom is -0.506 e. The van der Waals surface area contributed by atoms with E-state index in [1.165, 1.54) is 34.8 Å². The monoisotopic (exact) mass is 783 g/mol. The lowest BCUT2D eigenvalue weighted by Gasteiger charge is -2.35. The van der Waals surface area contributed by atoms with E-state index in [0.717, 1.165) is 55.2 Å². The zero-order valence-electron chi connectivity index (χ0n) is 30.0. The van der Waals surface area contributed by atoms with Crippen LogP contribution in [0.4, 0.5) is 0 Å². The summed E-state index contributed by atoms with van der Waals surface area (Å²) in [6, 6.07) is 15.6. The second-order valence-corrected chi connectivity index (χ2v) is 15.9. The molecule has 1 fully saturated rings. The first kappa shape index (κ1) is 36.9. The van der Waals surface area contributed by atoms with Gasteiger partial charge in [0, 0.05) is 37.1 Å². The molecule has 6 N–H and O–H groups in total. The van der Waals surface area contributed by atoms with Crippen molar-refractivity contribution in [3.8, 4) is 5.75 Å². The molecule has 17 heteroatoms. The molecule has 1 aliphatic carbocycles. The van der Waals surface area contributed by atoms with Gasteiger partial charge in [-0.05, 0) is 103 Å². The number of thiophene rings is 2. The number of esters is 1. The Hall–Kier alpha value is -5.04. The molecule has 15 nitrogen and oxygen atoms in total. The van der Waals surface area contributed by atoms with E-state index < -0.39 is 17.7 Å². The van der Waals surface area contributed by atoms with Crippen LogP contribution in [0.1, 0.15) is 59.1 Å². The second kappa shape index (κ2) is 15.6. The number of hydrogen-bond donors (Lipinski definition) is 6. The van der Waals surface area contributed by atoms with Crippen molar-refractivity contribution < 1.29 is 24.9 Å². The van der Waals surface area contributed by atoms with E-state index in [4.69, 9.17) is 4.74 Å². The van der Waals surface area contributed by atoms with Crippen molar-refractivity contribution in [1.29, 1.82) is 0 Å². The molecule has 7 aromatic rings. The number of ether oxygens (including phenoxy) is 1. The standard InChI is InChI=1S/C38H41N9O6S2/c1-46(23-7-9-24(10-8-23)53-37(51)38(52,30-5-2-17-54-30)31-6-3-18-55-31)15-4-16-47-36-27(41-45-47)19-22(33-35(36)43-44-42-33)20-39-21-29(49)25-11-13-28(48)34-26(25)12-14-32(50)40-34/h2-3,5-6,11-14,17-19,23-24,29,39,45,48-49,52H,4,7-10,15-16,20-21H2,1H3,(H,40,50)/t23?,24?,29-/m0/s1. The fourth-order valence-electron chi connectivity index (χ4n) is 7.61. The molecule has 0 aliphatic heterocycles. The number of aromatic nitrogens is 7. The quantitative estimate of drug-likeness (QED) is 0.0854. The smallest absolute Gasteiger partial charge is 0.349 e. The molecule has 2 aromatic carbocycles. The highest BCUT2D eigenvalue weighted by molar-refractivity contribution is 7.12. The number of H-pyrrole nitrogens is 2. The number of aliphatic hydroxyl groups excluding tert-OH is 1. The van der Waals surface area contributed by atoms with Crippen molar-refractivity contribution in [2.24, 2.45) is 0 Å². The van der Waals surface area contributed by atoms with Gasteiger partial charge in [-0.25, -0.2) is 10.0 Å². The zero-order valence-corrected chi connectivity index (χ0v) is 31.6. The Balaban J connectivity index is 0.847. The summed E-state index contributed by atoms with van der Waals surface area (Å²) in [4.78, 5) is 31.3. The minimum atomic E-state index is -1.79. The maximum atomic E-state index is 13.4. The Labute approximate surface area is 322 Å². The first-order valence-electron chi connectivity index (χ1n) is 18.2. The predicted molar refractivity (Wildman–Crippen MR) is 209 cm³/mol. The average molecular weight is 784 g/mol. The number of carbonyl (C=O) groups excluding carboxylic acids is 1.